The Morgan fingerprint density at radius 1 is 1.04 bits per heavy atom. The minimum atomic E-state index is -0.394. The van der Waals surface area contributed by atoms with Gasteiger partial charge in [-0.25, -0.2) is 4.39 Å². The summed E-state index contributed by atoms with van der Waals surface area (Å²) in [6.07, 6.45) is 0.975. The molecule has 27 heavy (non-hydrogen) atoms. The molecule has 0 aliphatic heterocycles. The third kappa shape index (κ3) is 7.58. The van der Waals surface area contributed by atoms with Crippen LogP contribution in [0.2, 0.25) is 0 Å². The quantitative estimate of drug-likeness (QED) is 0.483. The zero-order valence-electron chi connectivity index (χ0n) is 15.4. The minimum Gasteiger partial charge on any atom is -0.493 e. The molecule has 0 heterocycles. The number of halogens is 1. The van der Waals surface area contributed by atoms with Crippen LogP contribution in [0.4, 0.5) is 4.39 Å². The summed E-state index contributed by atoms with van der Waals surface area (Å²) < 4.78 is 23.5. The molecule has 6 heteroatoms. The molecular formula is C21H24FNO4. The maximum absolute atomic E-state index is 12.9. The van der Waals surface area contributed by atoms with Gasteiger partial charge >= 0.3 is 0 Å². The Balaban J connectivity index is 1.73. The fraction of sp³-hybridized carbons (Fsp3) is 0.333. The van der Waals surface area contributed by atoms with E-state index in [-0.39, 0.29) is 24.5 Å². The van der Waals surface area contributed by atoms with E-state index in [1.165, 1.54) is 24.3 Å². The number of methoxy groups -OCH3 is 1. The van der Waals surface area contributed by atoms with Crippen molar-refractivity contribution in [3.05, 3.63) is 65.5 Å². The van der Waals surface area contributed by atoms with Crippen LogP contribution in [0.15, 0.2) is 48.5 Å². The molecule has 0 atom stereocenters. The van der Waals surface area contributed by atoms with E-state index in [0.29, 0.717) is 25.3 Å². The van der Waals surface area contributed by atoms with Gasteiger partial charge in [-0.2, -0.15) is 0 Å². The molecule has 0 aliphatic rings. The minimum absolute atomic E-state index is 0.0834. The second-order valence-corrected chi connectivity index (χ2v) is 6.05. The van der Waals surface area contributed by atoms with Crippen molar-refractivity contribution in [1.29, 1.82) is 0 Å². The van der Waals surface area contributed by atoms with Crippen molar-refractivity contribution in [2.45, 2.75) is 25.8 Å². The lowest BCUT2D eigenvalue weighted by atomic mass is 10.1. The summed E-state index contributed by atoms with van der Waals surface area (Å²) in [6.45, 7) is 1.57. The molecule has 144 valence electrons. The van der Waals surface area contributed by atoms with E-state index in [2.05, 4.69) is 5.32 Å². The van der Waals surface area contributed by atoms with Crippen LogP contribution < -0.4 is 10.1 Å². The summed E-state index contributed by atoms with van der Waals surface area (Å²) in [5.74, 6) is -0.0491. The second kappa shape index (κ2) is 11.1. The molecule has 5 nitrogen and oxygen atoms in total. The van der Waals surface area contributed by atoms with Crippen molar-refractivity contribution in [2.24, 2.45) is 0 Å². The fourth-order valence-electron chi connectivity index (χ4n) is 2.43. The third-order valence-electron chi connectivity index (χ3n) is 3.89. The fourth-order valence-corrected chi connectivity index (χ4v) is 2.43. The number of hydrogen-bond donors (Lipinski definition) is 1. The maximum atomic E-state index is 12.9. The predicted molar refractivity (Wildman–Crippen MR) is 100 cm³/mol. The molecule has 0 spiro atoms. The van der Waals surface area contributed by atoms with Gasteiger partial charge < -0.3 is 14.8 Å². The average Bonchev–Trinajstić information content (AvgIpc) is 2.69. The number of ketones is 1. The number of rotatable bonds is 11. The summed E-state index contributed by atoms with van der Waals surface area (Å²) in [5, 5.41) is 2.79. The molecule has 0 bridgehead atoms. The predicted octanol–water partition coefficient (Wildman–Crippen LogP) is 3.52. The summed E-state index contributed by atoms with van der Waals surface area (Å²) in [4.78, 5) is 24.0. The molecule has 2 rings (SSSR count). The number of benzene rings is 2. The number of ether oxygens (including phenoxy) is 2. The normalized spacial score (nSPS) is 10.4. The molecular weight excluding hydrogens is 349 g/mol. The Bertz CT molecular complexity index is 746. The van der Waals surface area contributed by atoms with Crippen LogP contribution in [-0.2, 0) is 16.1 Å². The first-order chi connectivity index (χ1) is 13.1. The highest BCUT2D eigenvalue weighted by Crippen LogP contribution is 2.14. The number of nitrogens with one attached hydrogen (secondary N) is 1. The highest BCUT2D eigenvalue weighted by molar-refractivity contribution is 5.97. The van der Waals surface area contributed by atoms with Gasteiger partial charge in [0.2, 0.25) is 5.91 Å². The molecule has 0 radical (unpaired) electrons. The van der Waals surface area contributed by atoms with Gasteiger partial charge in [0.1, 0.15) is 11.6 Å². The molecule has 1 N–H and O–H groups in total. The number of Topliss-reactive ketones (excluding diaryl/α,β-unsaturated/α-hetero) is 1. The first-order valence-corrected chi connectivity index (χ1v) is 8.84. The Labute approximate surface area is 158 Å². The van der Waals surface area contributed by atoms with Crippen LogP contribution in [0.1, 0.15) is 35.2 Å². The van der Waals surface area contributed by atoms with E-state index in [1.807, 2.05) is 24.3 Å². The average molecular weight is 373 g/mol. The van der Waals surface area contributed by atoms with Crippen LogP contribution >= 0.6 is 0 Å². The Kier molecular flexibility index (Phi) is 8.45. The molecule has 2 aromatic carbocycles. The van der Waals surface area contributed by atoms with Crippen LogP contribution in [-0.4, -0.2) is 32.0 Å². The summed E-state index contributed by atoms with van der Waals surface area (Å²) in [5.41, 5.74) is 1.32. The molecule has 0 aliphatic carbocycles. The van der Waals surface area contributed by atoms with Gasteiger partial charge in [0, 0.05) is 45.1 Å². The summed E-state index contributed by atoms with van der Waals surface area (Å²) >= 11 is 0. The van der Waals surface area contributed by atoms with Crippen molar-refractivity contribution in [3.63, 3.8) is 0 Å². The van der Waals surface area contributed by atoms with Crippen LogP contribution in [0.5, 0.6) is 5.75 Å². The molecule has 1 amide bonds. The van der Waals surface area contributed by atoms with Gasteiger partial charge in [0.15, 0.2) is 5.78 Å². The van der Waals surface area contributed by atoms with Gasteiger partial charge in [-0.05, 0) is 42.0 Å². The van der Waals surface area contributed by atoms with Crippen LogP contribution in [0.25, 0.3) is 0 Å². The molecule has 2 aromatic rings. The summed E-state index contributed by atoms with van der Waals surface area (Å²) in [7, 11) is 1.65. The molecule has 0 fully saturated rings. The summed E-state index contributed by atoms with van der Waals surface area (Å²) in [6, 6.07) is 12.8. The Morgan fingerprint density at radius 3 is 2.56 bits per heavy atom. The number of hydrogen-bond acceptors (Lipinski definition) is 4. The molecule has 0 saturated heterocycles. The van der Waals surface area contributed by atoms with E-state index >= 15 is 0 Å². The lowest BCUT2D eigenvalue weighted by molar-refractivity contribution is -0.121. The van der Waals surface area contributed by atoms with Gasteiger partial charge in [0.25, 0.3) is 0 Å². The van der Waals surface area contributed by atoms with Crippen molar-refractivity contribution < 1.29 is 23.5 Å². The zero-order valence-corrected chi connectivity index (χ0v) is 15.4. The Hall–Kier alpha value is -2.73. The topological polar surface area (TPSA) is 64.6 Å². The van der Waals surface area contributed by atoms with Crippen molar-refractivity contribution >= 4 is 11.7 Å². The van der Waals surface area contributed by atoms with Crippen molar-refractivity contribution in [2.75, 3.05) is 20.3 Å². The largest absolute Gasteiger partial charge is 0.493 e. The SMILES string of the molecule is COCCCOc1cccc(CNC(=O)CCC(=O)c2ccc(F)cc2)c1. The van der Waals surface area contributed by atoms with Crippen molar-refractivity contribution in [3.8, 4) is 5.75 Å². The van der Waals surface area contributed by atoms with Crippen LogP contribution in [0, 0.1) is 5.82 Å². The van der Waals surface area contributed by atoms with E-state index in [4.69, 9.17) is 9.47 Å². The smallest absolute Gasteiger partial charge is 0.220 e. The number of carbonyl (C=O) groups is 2. The van der Waals surface area contributed by atoms with Gasteiger partial charge in [-0.3, -0.25) is 9.59 Å². The van der Waals surface area contributed by atoms with Gasteiger partial charge in [-0.15, -0.1) is 0 Å². The first kappa shape index (κ1) is 20.6. The molecule has 0 unspecified atom stereocenters. The molecule has 0 aromatic heterocycles. The lowest BCUT2D eigenvalue weighted by Gasteiger charge is -2.09. The second-order valence-electron chi connectivity index (χ2n) is 6.05. The Morgan fingerprint density at radius 2 is 1.81 bits per heavy atom. The zero-order chi connectivity index (χ0) is 19.5. The number of amides is 1. The van der Waals surface area contributed by atoms with Crippen LogP contribution in [0.3, 0.4) is 0 Å². The van der Waals surface area contributed by atoms with E-state index < -0.39 is 5.82 Å². The van der Waals surface area contributed by atoms with Crippen molar-refractivity contribution in [1.82, 2.24) is 5.32 Å². The van der Waals surface area contributed by atoms with E-state index in [9.17, 15) is 14.0 Å². The molecule has 0 saturated carbocycles. The number of carbonyl (C=O) groups excluding carboxylic acids is 2. The van der Waals surface area contributed by atoms with Gasteiger partial charge in [-0.1, -0.05) is 12.1 Å². The highest BCUT2D eigenvalue weighted by Gasteiger charge is 2.09. The highest BCUT2D eigenvalue weighted by atomic mass is 19.1. The first-order valence-electron chi connectivity index (χ1n) is 8.84. The standard InChI is InChI=1S/C21H24FNO4/c1-26-12-3-13-27-19-5-2-4-16(14-19)15-23-21(25)11-10-20(24)17-6-8-18(22)9-7-17/h2,4-9,14H,3,10-13,15H2,1H3,(H,23,25). The monoisotopic (exact) mass is 373 g/mol. The van der Waals surface area contributed by atoms with E-state index in [0.717, 1.165) is 17.7 Å². The van der Waals surface area contributed by atoms with Gasteiger partial charge in [0.05, 0.1) is 6.61 Å². The maximum Gasteiger partial charge on any atom is 0.220 e. The van der Waals surface area contributed by atoms with E-state index in [1.54, 1.807) is 7.11 Å². The third-order valence-corrected chi connectivity index (χ3v) is 3.89. The lowest BCUT2D eigenvalue weighted by Crippen LogP contribution is -2.23.